The third-order valence-electron chi connectivity index (χ3n) is 3.20. The minimum Gasteiger partial charge on any atom is -0.379 e. The number of halogens is 3. The van der Waals surface area contributed by atoms with Crippen molar-refractivity contribution in [3.63, 3.8) is 0 Å². The molecule has 100 valence electrons. The van der Waals surface area contributed by atoms with E-state index in [1.165, 1.54) is 5.56 Å². The van der Waals surface area contributed by atoms with Crippen LogP contribution in [-0.4, -0.2) is 0 Å². The van der Waals surface area contributed by atoms with Gasteiger partial charge in [-0.05, 0) is 52.5 Å². The Balaban J connectivity index is 2.19. The number of rotatable bonds is 3. The number of aryl methyl sites for hydroxylation is 1. The lowest BCUT2D eigenvalue weighted by molar-refractivity contribution is 0.596. The first-order valence-corrected chi connectivity index (χ1v) is 6.72. The molecule has 0 saturated heterocycles. The van der Waals surface area contributed by atoms with Gasteiger partial charge < -0.3 is 5.32 Å². The van der Waals surface area contributed by atoms with Crippen LogP contribution in [0, 0.1) is 25.5 Å². The van der Waals surface area contributed by atoms with Gasteiger partial charge in [0.05, 0.1) is 10.2 Å². The van der Waals surface area contributed by atoms with Crippen LogP contribution in [-0.2, 0) is 6.54 Å². The van der Waals surface area contributed by atoms with Crippen molar-refractivity contribution >= 4 is 21.6 Å². The van der Waals surface area contributed by atoms with Crippen LogP contribution in [0.15, 0.2) is 34.8 Å². The van der Waals surface area contributed by atoms with E-state index in [0.717, 1.165) is 23.3 Å². The lowest BCUT2D eigenvalue weighted by Gasteiger charge is -2.12. The highest BCUT2D eigenvalue weighted by molar-refractivity contribution is 9.10. The zero-order valence-electron chi connectivity index (χ0n) is 10.7. The van der Waals surface area contributed by atoms with Gasteiger partial charge in [0.25, 0.3) is 0 Å². The first-order chi connectivity index (χ1) is 8.99. The van der Waals surface area contributed by atoms with E-state index in [4.69, 9.17) is 0 Å². The molecule has 2 aromatic rings. The number of anilines is 1. The summed E-state index contributed by atoms with van der Waals surface area (Å²) in [6.45, 7) is 4.51. The molecule has 0 heterocycles. The molecule has 4 heteroatoms. The molecule has 0 aromatic heterocycles. The lowest BCUT2D eigenvalue weighted by Crippen LogP contribution is -2.04. The standard InChI is InChI=1S/C15H14BrF2N/c1-9-4-3-5-11(10(9)2)8-19-15-7-13(17)12(16)6-14(15)18/h3-7,19H,8H2,1-2H3. The fourth-order valence-electron chi connectivity index (χ4n) is 1.85. The fraction of sp³-hybridized carbons (Fsp3) is 0.200. The zero-order valence-corrected chi connectivity index (χ0v) is 12.3. The second-order valence-electron chi connectivity index (χ2n) is 4.46. The number of hydrogen-bond acceptors (Lipinski definition) is 1. The summed E-state index contributed by atoms with van der Waals surface area (Å²) in [6.07, 6.45) is 0. The number of hydrogen-bond donors (Lipinski definition) is 1. The SMILES string of the molecule is Cc1cccc(CNc2cc(F)c(Br)cc2F)c1C. The van der Waals surface area contributed by atoms with Crippen molar-refractivity contribution in [3.8, 4) is 0 Å². The van der Waals surface area contributed by atoms with Gasteiger partial charge in [0, 0.05) is 12.6 Å². The van der Waals surface area contributed by atoms with Crippen molar-refractivity contribution in [3.05, 3.63) is 63.1 Å². The van der Waals surface area contributed by atoms with Crippen LogP contribution < -0.4 is 5.32 Å². The highest BCUT2D eigenvalue weighted by Crippen LogP contribution is 2.24. The van der Waals surface area contributed by atoms with Gasteiger partial charge in [-0.1, -0.05) is 18.2 Å². The first kappa shape index (κ1) is 14.0. The van der Waals surface area contributed by atoms with Crippen LogP contribution in [0.4, 0.5) is 14.5 Å². The van der Waals surface area contributed by atoms with Crippen LogP contribution in [0.25, 0.3) is 0 Å². The van der Waals surface area contributed by atoms with Crippen molar-refractivity contribution in [2.24, 2.45) is 0 Å². The molecule has 2 aromatic carbocycles. The van der Waals surface area contributed by atoms with E-state index < -0.39 is 11.6 Å². The molecule has 0 fully saturated rings. The summed E-state index contributed by atoms with van der Waals surface area (Å²) in [6, 6.07) is 8.24. The third-order valence-corrected chi connectivity index (χ3v) is 3.80. The van der Waals surface area contributed by atoms with E-state index in [-0.39, 0.29) is 10.2 Å². The van der Waals surface area contributed by atoms with Crippen LogP contribution >= 0.6 is 15.9 Å². The van der Waals surface area contributed by atoms with Gasteiger partial charge in [0.2, 0.25) is 0 Å². The quantitative estimate of drug-likeness (QED) is 0.787. The summed E-state index contributed by atoms with van der Waals surface area (Å²) < 4.78 is 27.2. The van der Waals surface area contributed by atoms with E-state index in [2.05, 4.69) is 21.2 Å². The minimum atomic E-state index is -0.482. The van der Waals surface area contributed by atoms with Crippen molar-refractivity contribution in [2.45, 2.75) is 20.4 Å². The van der Waals surface area contributed by atoms with E-state index in [1.54, 1.807) is 0 Å². The molecule has 19 heavy (non-hydrogen) atoms. The number of nitrogens with one attached hydrogen (secondary N) is 1. The van der Waals surface area contributed by atoms with Gasteiger partial charge >= 0.3 is 0 Å². The second kappa shape index (κ2) is 5.70. The molecule has 0 atom stereocenters. The molecule has 0 aliphatic carbocycles. The Bertz CT molecular complexity index is 611. The zero-order chi connectivity index (χ0) is 14.0. The summed E-state index contributed by atoms with van der Waals surface area (Å²) in [5.41, 5.74) is 3.58. The van der Waals surface area contributed by atoms with Crippen LogP contribution in [0.3, 0.4) is 0 Å². The molecule has 2 rings (SSSR count). The van der Waals surface area contributed by atoms with Crippen LogP contribution in [0.2, 0.25) is 0 Å². The van der Waals surface area contributed by atoms with Crippen molar-refractivity contribution in [1.29, 1.82) is 0 Å². The Morgan fingerprint density at radius 3 is 2.58 bits per heavy atom. The molecule has 0 saturated carbocycles. The Labute approximate surface area is 119 Å². The molecule has 0 unspecified atom stereocenters. The summed E-state index contributed by atoms with van der Waals surface area (Å²) in [7, 11) is 0. The van der Waals surface area contributed by atoms with Crippen molar-refractivity contribution < 1.29 is 8.78 Å². The molecule has 0 bridgehead atoms. The van der Waals surface area contributed by atoms with Gasteiger partial charge in [0.1, 0.15) is 11.6 Å². The summed E-state index contributed by atoms with van der Waals surface area (Å²) in [5, 5.41) is 2.93. The van der Waals surface area contributed by atoms with E-state index in [1.807, 2.05) is 32.0 Å². The summed E-state index contributed by atoms with van der Waals surface area (Å²) in [5.74, 6) is -0.955. The molecule has 1 nitrogen and oxygen atoms in total. The Kier molecular flexibility index (Phi) is 4.20. The molecule has 0 aliphatic rings. The lowest BCUT2D eigenvalue weighted by atomic mass is 10.0. The van der Waals surface area contributed by atoms with Crippen LogP contribution in [0.5, 0.6) is 0 Å². The molecule has 0 spiro atoms. The van der Waals surface area contributed by atoms with E-state index in [0.29, 0.717) is 6.54 Å². The molecule has 0 amide bonds. The fourth-order valence-corrected chi connectivity index (χ4v) is 2.17. The Morgan fingerprint density at radius 1 is 1.11 bits per heavy atom. The van der Waals surface area contributed by atoms with Gasteiger partial charge in [-0.15, -0.1) is 0 Å². The van der Waals surface area contributed by atoms with E-state index >= 15 is 0 Å². The average Bonchev–Trinajstić information content (AvgIpc) is 2.37. The molecule has 1 N–H and O–H groups in total. The maximum Gasteiger partial charge on any atom is 0.147 e. The topological polar surface area (TPSA) is 12.0 Å². The Morgan fingerprint density at radius 2 is 1.84 bits per heavy atom. The normalized spacial score (nSPS) is 10.6. The maximum atomic E-state index is 13.7. The highest BCUT2D eigenvalue weighted by atomic mass is 79.9. The largest absolute Gasteiger partial charge is 0.379 e. The number of benzene rings is 2. The van der Waals surface area contributed by atoms with E-state index in [9.17, 15) is 8.78 Å². The molecular formula is C15H14BrF2N. The predicted molar refractivity (Wildman–Crippen MR) is 77.3 cm³/mol. The molecule has 0 radical (unpaired) electrons. The smallest absolute Gasteiger partial charge is 0.147 e. The van der Waals surface area contributed by atoms with Gasteiger partial charge in [-0.3, -0.25) is 0 Å². The van der Waals surface area contributed by atoms with Crippen molar-refractivity contribution in [2.75, 3.05) is 5.32 Å². The maximum absolute atomic E-state index is 13.7. The highest BCUT2D eigenvalue weighted by Gasteiger charge is 2.08. The third kappa shape index (κ3) is 3.13. The van der Waals surface area contributed by atoms with Gasteiger partial charge in [-0.25, -0.2) is 8.78 Å². The Hall–Kier alpha value is -1.42. The summed E-state index contributed by atoms with van der Waals surface area (Å²) >= 11 is 2.95. The monoisotopic (exact) mass is 325 g/mol. The molecular weight excluding hydrogens is 312 g/mol. The average molecular weight is 326 g/mol. The second-order valence-corrected chi connectivity index (χ2v) is 5.31. The van der Waals surface area contributed by atoms with Gasteiger partial charge in [-0.2, -0.15) is 0 Å². The summed E-state index contributed by atoms with van der Waals surface area (Å²) in [4.78, 5) is 0. The van der Waals surface area contributed by atoms with Crippen molar-refractivity contribution in [1.82, 2.24) is 0 Å². The predicted octanol–water partition coefficient (Wildman–Crippen LogP) is 4.96. The first-order valence-electron chi connectivity index (χ1n) is 5.92. The van der Waals surface area contributed by atoms with Crippen LogP contribution in [0.1, 0.15) is 16.7 Å². The minimum absolute atomic E-state index is 0.127. The molecule has 0 aliphatic heterocycles. The van der Waals surface area contributed by atoms with Gasteiger partial charge in [0.15, 0.2) is 0 Å².